The molecule has 0 amide bonds. The Kier molecular flexibility index (Phi) is 4.09. The van der Waals surface area contributed by atoms with Crippen LogP contribution in [0.1, 0.15) is 13.8 Å². The first-order valence-corrected chi connectivity index (χ1v) is 6.24. The lowest BCUT2D eigenvalue weighted by molar-refractivity contribution is -0.133. The van der Waals surface area contributed by atoms with Gasteiger partial charge in [-0.1, -0.05) is 0 Å². The van der Waals surface area contributed by atoms with Gasteiger partial charge < -0.3 is 18.5 Å². The molecule has 0 radical (unpaired) electrons. The fourth-order valence-electron chi connectivity index (χ4n) is 1.21. The first-order chi connectivity index (χ1) is 6.91. The summed E-state index contributed by atoms with van der Waals surface area (Å²) in [6.45, 7) is 4.09. The summed E-state index contributed by atoms with van der Waals surface area (Å²) in [4.78, 5) is 0. The molecule has 15 heavy (non-hydrogen) atoms. The molecule has 6 heteroatoms. The second-order valence-electron chi connectivity index (χ2n) is 3.61. The van der Waals surface area contributed by atoms with Gasteiger partial charge in [0.2, 0.25) is 0 Å². The van der Waals surface area contributed by atoms with Crippen LogP contribution in [-0.4, -0.2) is 32.7 Å². The zero-order valence-corrected chi connectivity index (χ0v) is 10.3. The Bertz CT molecular complexity index is 278. The standard InChI is InChI=1S/C9H17O5P/c1-9(2)13-7-8(14-9)5-6-15(10,11-3)12-4/h5-6,8H,7H2,1-4H3/b6-5-/t8-/m0/s1. The maximum absolute atomic E-state index is 11.6. The quantitative estimate of drug-likeness (QED) is 0.700. The van der Waals surface area contributed by atoms with Gasteiger partial charge in [-0.3, -0.25) is 4.57 Å². The van der Waals surface area contributed by atoms with E-state index in [0.717, 1.165) is 0 Å². The summed E-state index contributed by atoms with van der Waals surface area (Å²) < 4.78 is 32.0. The Morgan fingerprint density at radius 3 is 2.40 bits per heavy atom. The summed E-state index contributed by atoms with van der Waals surface area (Å²) >= 11 is 0. The van der Waals surface area contributed by atoms with Crippen LogP contribution in [0.15, 0.2) is 11.9 Å². The molecule has 1 rings (SSSR count). The van der Waals surface area contributed by atoms with Crippen molar-refractivity contribution in [1.82, 2.24) is 0 Å². The Labute approximate surface area is 89.9 Å². The molecule has 0 unspecified atom stereocenters. The molecular weight excluding hydrogens is 219 g/mol. The monoisotopic (exact) mass is 236 g/mol. The van der Waals surface area contributed by atoms with Crippen LogP contribution >= 0.6 is 7.60 Å². The zero-order chi connectivity index (χ0) is 11.5. The predicted octanol–water partition coefficient (Wildman–Crippen LogP) is 2.14. The summed E-state index contributed by atoms with van der Waals surface area (Å²) in [7, 11) is -0.416. The molecule has 0 bridgehead atoms. The van der Waals surface area contributed by atoms with Crippen LogP contribution < -0.4 is 0 Å². The van der Waals surface area contributed by atoms with E-state index in [-0.39, 0.29) is 6.10 Å². The molecule has 0 saturated carbocycles. The average Bonchev–Trinajstić information content (AvgIpc) is 2.55. The van der Waals surface area contributed by atoms with E-state index < -0.39 is 13.4 Å². The molecule has 1 heterocycles. The van der Waals surface area contributed by atoms with Crippen LogP contribution in [0, 0.1) is 0 Å². The number of rotatable bonds is 4. The van der Waals surface area contributed by atoms with Crippen molar-refractivity contribution in [2.75, 3.05) is 20.8 Å². The number of hydrogen-bond donors (Lipinski definition) is 0. The van der Waals surface area contributed by atoms with Gasteiger partial charge in [0.15, 0.2) is 5.79 Å². The van der Waals surface area contributed by atoms with E-state index in [1.54, 1.807) is 6.08 Å². The predicted molar refractivity (Wildman–Crippen MR) is 55.7 cm³/mol. The topological polar surface area (TPSA) is 54.0 Å². The Hall–Kier alpha value is -0.190. The minimum atomic E-state index is -3.09. The van der Waals surface area contributed by atoms with E-state index in [2.05, 4.69) is 0 Å². The van der Waals surface area contributed by atoms with Gasteiger partial charge in [-0.15, -0.1) is 0 Å². The summed E-state index contributed by atoms with van der Waals surface area (Å²) in [6, 6.07) is 0. The zero-order valence-electron chi connectivity index (χ0n) is 9.43. The van der Waals surface area contributed by atoms with Crippen molar-refractivity contribution in [3.05, 3.63) is 11.9 Å². The van der Waals surface area contributed by atoms with Gasteiger partial charge in [0, 0.05) is 20.0 Å². The first kappa shape index (κ1) is 12.9. The van der Waals surface area contributed by atoms with Crippen LogP contribution in [-0.2, 0) is 23.1 Å². The molecule has 1 aliphatic heterocycles. The van der Waals surface area contributed by atoms with Gasteiger partial charge in [0.25, 0.3) is 0 Å². The molecular formula is C9H17O5P. The van der Waals surface area contributed by atoms with Crippen molar-refractivity contribution in [2.45, 2.75) is 25.7 Å². The third kappa shape index (κ3) is 3.70. The third-order valence-electron chi connectivity index (χ3n) is 2.02. The van der Waals surface area contributed by atoms with Crippen molar-refractivity contribution < 1.29 is 23.1 Å². The summed E-state index contributed by atoms with van der Waals surface area (Å²) in [5.74, 6) is 0.807. The second-order valence-corrected chi connectivity index (χ2v) is 5.72. The normalized spacial score (nSPS) is 26.3. The summed E-state index contributed by atoms with van der Waals surface area (Å²) in [5, 5.41) is 0. The molecule has 5 nitrogen and oxygen atoms in total. The Morgan fingerprint density at radius 2 is 2.00 bits per heavy atom. The van der Waals surface area contributed by atoms with E-state index in [1.165, 1.54) is 20.0 Å². The van der Waals surface area contributed by atoms with Crippen molar-refractivity contribution in [3.63, 3.8) is 0 Å². The molecule has 0 aromatic carbocycles. The molecule has 0 aromatic heterocycles. The first-order valence-electron chi connectivity index (χ1n) is 4.63. The second kappa shape index (κ2) is 4.76. The van der Waals surface area contributed by atoms with Crippen LogP contribution in [0.3, 0.4) is 0 Å². The van der Waals surface area contributed by atoms with Crippen LogP contribution in [0.2, 0.25) is 0 Å². The van der Waals surface area contributed by atoms with Crippen LogP contribution in [0.4, 0.5) is 0 Å². The van der Waals surface area contributed by atoms with Crippen molar-refractivity contribution >= 4 is 7.60 Å². The molecule has 0 aliphatic carbocycles. The minimum absolute atomic E-state index is 0.210. The van der Waals surface area contributed by atoms with Crippen LogP contribution in [0.5, 0.6) is 0 Å². The summed E-state index contributed by atoms with van der Waals surface area (Å²) in [5.41, 5.74) is 0. The molecule has 0 spiro atoms. The molecule has 0 N–H and O–H groups in total. The fraction of sp³-hybridized carbons (Fsp3) is 0.778. The molecule has 0 aromatic rings. The van der Waals surface area contributed by atoms with E-state index in [9.17, 15) is 4.57 Å². The van der Waals surface area contributed by atoms with Crippen molar-refractivity contribution in [3.8, 4) is 0 Å². The lowest BCUT2D eigenvalue weighted by atomic mass is 10.4. The van der Waals surface area contributed by atoms with Crippen molar-refractivity contribution in [1.29, 1.82) is 0 Å². The van der Waals surface area contributed by atoms with Gasteiger partial charge in [-0.25, -0.2) is 0 Å². The van der Waals surface area contributed by atoms with Crippen molar-refractivity contribution in [2.24, 2.45) is 0 Å². The highest BCUT2D eigenvalue weighted by Gasteiger charge is 2.31. The van der Waals surface area contributed by atoms with Gasteiger partial charge in [-0.05, 0) is 19.9 Å². The highest BCUT2D eigenvalue weighted by molar-refractivity contribution is 7.57. The Balaban J connectivity index is 2.56. The smallest absolute Gasteiger partial charge is 0.347 e. The molecule has 88 valence electrons. The van der Waals surface area contributed by atoms with E-state index in [1.807, 2.05) is 13.8 Å². The maximum atomic E-state index is 11.6. The van der Waals surface area contributed by atoms with E-state index in [0.29, 0.717) is 6.61 Å². The number of hydrogen-bond acceptors (Lipinski definition) is 5. The largest absolute Gasteiger partial charge is 0.353 e. The van der Waals surface area contributed by atoms with Gasteiger partial charge >= 0.3 is 7.60 Å². The fourth-order valence-corrected chi connectivity index (χ4v) is 2.00. The highest BCUT2D eigenvalue weighted by atomic mass is 31.2. The molecule has 1 saturated heterocycles. The number of ether oxygens (including phenoxy) is 2. The van der Waals surface area contributed by atoms with Gasteiger partial charge in [0.1, 0.15) is 6.10 Å². The molecule has 1 fully saturated rings. The molecule has 1 atom stereocenters. The SMILES string of the molecule is COP(=O)(/C=C\[C@H]1COC(C)(C)O1)OC. The van der Waals surface area contributed by atoms with Gasteiger partial charge in [0.05, 0.1) is 6.61 Å². The Morgan fingerprint density at radius 1 is 1.40 bits per heavy atom. The lowest BCUT2D eigenvalue weighted by Crippen LogP contribution is -2.20. The average molecular weight is 236 g/mol. The minimum Gasteiger partial charge on any atom is -0.347 e. The highest BCUT2D eigenvalue weighted by Crippen LogP contribution is 2.48. The van der Waals surface area contributed by atoms with E-state index in [4.69, 9.17) is 18.5 Å². The summed E-state index contributed by atoms with van der Waals surface area (Å²) in [6.07, 6.45) is 1.43. The van der Waals surface area contributed by atoms with Crippen LogP contribution in [0.25, 0.3) is 0 Å². The molecule has 1 aliphatic rings. The van der Waals surface area contributed by atoms with E-state index >= 15 is 0 Å². The maximum Gasteiger partial charge on any atom is 0.353 e. The van der Waals surface area contributed by atoms with Gasteiger partial charge in [-0.2, -0.15) is 0 Å². The lowest BCUT2D eigenvalue weighted by Gasteiger charge is -2.15. The third-order valence-corrected chi connectivity index (χ3v) is 3.58.